The second-order valence-electron chi connectivity index (χ2n) is 6.34. The summed E-state index contributed by atoms with van der Waals surface area (Å²) >= 11 is 0. The molecule has 0 aromatic carbocycles. The minimum atomic E-state index is 0.254. The first-order valence-electron chi connectivity index (χ1n) is 8.42. The zero-order valence-electron chi connectivity index (χ0n) is 12.9. The lowest BCUT2D eigenvalue weighted by Gasteiger charge is -2.38. The molecule has 4 heteroatoms. The zero-order chi connectivity index (χ0) is 14.7. The molecule has 2 aliphatic rings. The van der Waals surface area contributed by atoms with Crippen LogP contribution in [-0.2, 0) is 19.4 Å². The van der Waals surface area contributed by atoms with Crippen LogP contribution in [0.15, 0.2) is 6.07 Å². The number of piperidine rings is 1. The molecule has 0 bridgehead atoms. The van der Waals surface area contributed by atoms with Crippen molar-refractivity contribution in [3.05, 3.63) is 22.9 Å². The fourth-order valence-corrected chi connectivity index (χ4v) is 3.80. The average Bonchev–Trinajstić information content (AvgIpc) is 2.54. The van der Waals surface area contributed by atoms with Crippen molar-refractivity contribution in [2.45, 2.75) is 64.0 Å². The first-order chi connectivity index (χ1) is 10.3. The summed E-state index contributed by atoms with van der Waals surface area (Å²) in [5.74, 6) is 1.09. The molecule has 4 nitrogen and oxygen atoms in total. The Balaban J connectivity index is 1.95. The SMILES string of the molecule is NCc1cc2c(nc1N1CCCCC1CCO)CCCC2. The van der Waals surface area contributed by atoms with Crippen LogP contribution in [0.5, 0.6) is 0 Å². The molecule has 116 valence electrons. The smallest absolute Gasteiger partial charge is 0.133 e. The van der Waals surface area contributed by atoms with Crippen molar-refractivity contribution < 1.29 is 5.11 Å². The summed E-state index contributed by atoms with van der Waals surface area (Å²) < 4.78 is 0. The molecule has 0 saturated carbocycles. The topological polar surface area (TPSA) is 62.4 Å². The lowest BCUT2D eigenvalue weighted by Crippen LogP contribution is -2.41. The molecule has 21 heavy (non-hydrogen) atoms. The number of nitrogens with zero attached hydrogens (tertiary/aromatic N) is 2. The average molecular weight is 289 g/mol. The molecule has 0 spiro atoms. The molecule has 0 amide bonds. The highest BCUT2D eigenvalue weighted by molar-refractivity contribution is 5.51. The Hall–Kier alpha value is -1.13. The van der Waals surface area contributed by atoms with E-state index in [1.807, 2.05) is 0 Å². The van der Waals surface area contributed by atoms with E-state index in [1.54, 1.807) is 0 Å². The van der Waals surface area contributed by atoms with Crippen molar-refractivity contribution in [1.29, 1.82) is 0 Å². The number of fused-ring (bicyclic) bond motifs is 1. The molecule has 1 saturated heterocycles. The van der Waals surface area contributed by atoms with Crippen molar-refractivity contribution in [1.82, 2.24) is 4.98 Å². The normalized spacial score (nSPS) is 22.2. The summed E-state index contributed by atoms with van der Waals surface area (Å²) in [6.45, 7) is 1.85. The van der Waals surface area contributed by atoms with Gasteiger partial charge in [0, 0.05) is 37.0 Å². The lowest BCUT2D eigenvalue weighted by molar-refractivity contribution is 0.262. The van der Waals surface area contributed by atoms with Gasteiger partial charge in [-0.2, -0.15) is 0 Å². The van der Waals surface area contributed by atoms with Gasteiger partial charge in [0.1, 0.15) is 5.82 Å². The summed E-state index contributed by atoms with van der Waals surface area (Å²) in [5, 5.41) is 9.33. The molecule has 1 atom stereocenters. The van der Waals surface area contributed by atoms with Gasteiger partial charge in [-0.25, -0.2) is 4.98 Å². The van der Waals surface area contributed by atoms with Gasteiger partial charge in [0.25, 0.3) is 0 Å². The van der Waals surface area contributed by atoms with Gasteiger partial charge in [0.2, 0.25) is 0 Å². The third kappa shape index (κ3) is 3.06. The molecule has 1 aromatic rings. The molecule has 1 unspecified atom stereocenters. The van der Waals surface area contributed by atoms with Gasteiger partial charge in [-0.1, -0.05) is 0 Å². The van der Waals surface area contributed by atoms with Crippen LogP contribution < -0.4 is 10.6 Å². The lowest BCUT2D eigenvalue weighted by atomic mass is 9.93. The number of nitrogens with two attached hydrogens (primary N) is 1. The Morgan fingerprint density at radius 3 is 2.90 bits per heavy atom. The summed E-state index contributed by atoms with van der Waals surface area (Å²) in [6, 6.07) is 2.71. The Labute approximate surface area is 127 Å². The maximum absolute atomic E-state index is 9.33. The van der Waals surface area contributed by atoms with Gasteiger partial charge < -0.3 is 15.7 Å². The summed E-state index contributed by atoms with van der Waals surface area (Å²) in [7, 11) is 0. The standard InChI is InChI=1S/C17H27N3O/c18-12-14-11-13-5-1-2-7-16(13)19-17(14)20-9-4-3-6-15(20)8-10-21/h11,15,21H,1-10,12,18H2. The van der Waals surface area contributed by atoms with Crippen molar-refractivity contribution in [3.63, 3.8) is 0 Å². The first kappa shape index (κ1) is 14.8. The highest BCUT2D eigenvalue weighted by Gasteiger charge is 2.26. The minimum Gasteiger partial charge on any atom is -0.396 e. The Kier molecular flexibility index (Phi) is 4.76. The van der Waals surface area contributed by atoms with Gasteiger partial charge in [0.15, 0.2) is 0 Å². The van der Waals surface area contributed by atoms with Gasteiger partial charge >= 0.3 is 0 Å². The van der Waals surface area contributed by atoms with Crippen LogP contribution in [0, 0.1) is 0 Å². The van der Waals surface area contributed by atoms with Gasteiger partial charge in [-0.15, -0.1) is 0 Å². The molecule has 1 aliphatic heterocycles. The monoisotopic (exact) mass is 289 g/mol. The molecule has 1 aliphatic carbocycles. The number of aryl methyl sites for hydroxylation is 2. The molecular formula is C17H27N3O. The van der Waals surface area contributed by atoms with E-state index < -0.39 is 0 Å². The Bertz CT molecular complexity index is 487. The second kappa shape index (κ2) is 6.75. The van der Waals surface area contributed by atoms with Crippen LogP contribution in [-0.4, -0.2) is 29.3 Å². The van der Waals surface area contributed by atoms with Gasteiger partial charge in [0.05, 0.1) is 0 Å². The number of aromatic nitrogens is 1. The summed E-state index contributed by atoms with van der Waals surface area (Å²) in [4.78, 5) is 7.42. The minimum absolute atomic E-state index is 0.254. The van der Waals surface area contributed by atoms with Crippen LogP contribution in [0.4, 0.5) is 5.82 Å². The van der Waals surface area contributed by atoms with Gasteiger partial charge in [-0.05, 0) is 63.0 Å². The maximum atomic E-state index is 9.33. The number of anilines is 1. The van der Waals surface area contributed by atoms with E-state index in [0.717, 1.165) is 38.0 Å². The molecular weight excluding hydrogens is 262 g/mol. The van der Waals surface area contributed by atoms with E-state index >= 15 is 0 Å². The van der Waals surface area contributed by atoms with Gasteiger partial charge in [-0.3, -0.25) is 0 Å². The fourth-order valence-electron chi connectivity index (χ4n) is 3.80. The van der Waals surface area contributed by atoms with Crippen molar-refractivity contribution in [2.24, 2.45) is 5.73 Å². The van der Waals surface area contributed by atoms with Crippen LogP contribution in [0.1, 0.15) is 55.3 Å². The van der Waals surface area contributed by atoms with E-state index in [9.17, 15) is 5.11 Å². The molecule has 3 rings (SSSR count). The summed E-state index contributed by atoms with van der Waals surface area (Å²) in [5.41, 5.74) is 9.86. The summed E-state index contributed by atoms with van der Waals surface area (Å²) in [6.07, 6.45) is 9.23. The molecule has 1 fully saturated rings. The number of hydrogen-bond donors (Lipinski definition) is 2. The van der Waals surface area contributed by atoms with Crippen molar-refractivity contribution >= 4 is 5.82 Å². The number of aliphatic hydroxyl groups excluding tert-OH is 1. The second-order valence-corrected chi connectivity index (χ2v) is 6.34. The third-order valence-corrected chi connectivity index (χ3v) is 4.94. The predicted octanol–water partition coefficient (Wildman–Crippen LogP) is 2.16. The predicted molar refractivity (Wildman–Crippen MR) is 85.5 cm³/mol. The van der Waals surface area contributed by atoms with E-state index in [4.69, 9.17) is 10.7 Å². The van der Waals surface area contributed by atoms with Crippen molar-refractivity contribution in [2.75, 3.05) is 18.1 Å². The first-order valence-corrected chi connectivity index (χ1v) is 8.42. The van der Waals surface area contributed by atoms with E-state index in [1.165, 1.54) is 42.5 Å². The largest absolute Gasteiger partial charge is 0.396 e. The van der Waals surface area contributed by atoms with Crippen LogP contribution in [0.25, 0.3) is 0 Å². The highest BCUT2D eigenvalue weighted by atomic mass is 16.3. The van der Waals surface area contributed by atoms with Crippen LogP contribution >= 0.6 is 0 Å². The van der Waals surface area contributed by atoms with Crippen LogP contribution in [0.3, 0.4) is 0 Å². The van der Waals surface area contributed by atoms with E-state index in [-0.39, 0.29) is 6.61 Å². The zero-order valence-corrected chi connectivity index (χ0v) is 12.9. The maximum Gasteiger partial charge on any atom is 0.133 e. The van der Waals surface area contributed by atoms with Crippen molar-refractivity contribution in [3.8, 4) is 0 Å². The quantitative estimate of drug-likeness (QED) is 0.891. The Morgan fingerprint density at radius 2 is 2.10 bits per heavy atom. The molecule has 2 heterocycles. The highest BCUT2D eigenvalue weighted by Crippen LogP contribution is 2.31. The van der Waals surface area contributed by atoms with E-state index in [2.05, 4.69) is 11.0 Å². The molecule has 0 radical (unpaired) electrons. The Morgan fingerprint density at radius 1 is 1.24 bits per heavy atom. The number of hydrogen-bond acceptors (Lipinski definition) is 4. The molecule has 1 aromatic heterocycles. The third-order valence-electron chi connectivity index (χ3n) is 4.94. The number of aliphatic hydroxyl groups is 1. The number of rotatable bonds is 4. The van der Waals surface area contributed by atoms with E-state index in [0.29, 0.717) is 12.6 Å². The molecule has 3 N–H and O–H groups in total. The van der Waals surface area contributed by atoms with Crippen LogP contribution in [0.2, 0.25) is 0 Å². The number of pyridine rings is 1. The fraction of sp³-hybridized carbons (Fsp3) is 0.706.